The van der Waals surface area contributed by atoms with E-state index in [2.05, 4.69) is 10.3 Å². The van der Waals surface area contributed by atoms with E-state index in [9.17, 15) is 0 Å². The van der Waals surface area contributed by atoms with E-state index in [1.807, 2.05) is 38.1 Å². The summed E-state index contributed by atoms with van der Waals surface area (Å²) in [6, 6.07) is 13.2. The van der Waals surface area contributed by atoms with Crippen LogP contribution in [0.5, 0.6) is 0 Å². The summed E-state index contributed by atoms with van der Waals surface area (Å²) in [6.07, 6.45) is 0. The molecule has 0 saturated carbocycles. The number of halogens is 2. The van der Waals surface area contributed by atoms with Crippen LogP contribution in [0.3, 0.4) is 0 Å². The van der Waals surface area contributed by atoms with E-state index in [0.29, 0.717) is 21.4 Å². The van der Waals surface area contributed by atoms with Crippen molar-refractivity contribution in [3.63, 3.8) is 0 Å². The predicted octanol–water partition coefficient (Wildman–Crippen LogP) is 4.56. The highest BCUT2D eigenvalue weighted by Crippen LogP contribution is 2.32. The maximum atomic E-state index is 9.05. The van der Waals surface area contributed by atoms with Crippen LogP contribution in [0.25, 0.3) is 16.9 Å². The molecule has 1 heterocycles. The minimum atomic E-state index is -0.0605. The lowest BCUT2D eigenvalue weighted by Gasteiger charge is -2.11. The van der Waals surface area contributed by atoms with E-state index in [-0.39, 0.29) is 5.84 Å². The Kier molecular flexibility index (Phi) is 4.70. The quantitative estimate of drug-likeness (QED) is 0.305. The van der Waals surface area contributed by atoms with Gasteiger partial charge in [-0.1, -0.05) is 58.2 Å². The third-order valence-corrected chi connectivity index (χ3v) is 4.47. The van der Waals surface area contributed by atoms with E-state index < -0.39 is 0 Å². The number of rotatable bonds is 3. The molecular formula is C18H16Cl2N4O. The summed E-state index contributed by atoms with van der Waals surface area (Å²) in [6.45, 7) is 3.89. The molecule has 0 aliphatic rings. The molecule has 0 radical (unpaired) electrons. The number of hydrogen-bond donors (Lipinski definition) is 2. The fourth-order valence-electron chi connectivity index (χ4n) is 2.66. The van der Waals surface area contributed by atoms with Gasteiger partial charge < -0.3 is 10.9 Å². The molecule has 0 atom stereocenters. The molecule has 0 aliphatic heterocycles. The molecule has 3 rings (SSSR count). The van der Waals surface area contributed by atoms with Crippen molar-refractivity contribution in [3.8, 4) is 16.9 Å². The van der Waals surface area contributed by atoms with Crippen molar-refractivity contribution in [2.45, 2.75) is 13.8 Å². The zero-order chi connectivity index (χ0) is 18.1. The summed E-state index contributed by atoms with van der Waals surface area (Å²) in [5.74, 6) is -0.0605. The van der Waals surface area contributed by atoms with Gasteiger partial charge in [-0.25, -0.2) is 4.68 Å². The number of aromatic nitrogens is 2. The van der Waals surface area contributed by atoms with Crippen molar-refractivity contribution in [3.05, 3.63) is 69.3 Å². The summed E-state index contributed by atoms with van der Waals surface area (Å²) >= 11 is 12.4. The normalized spacial score (nSPS) is 11.8. The molecule has 128 valence electrons. The van der Waals surface area contributed by atoms with E-state index in [1.54, 1.807) is 22.9 Å². The van der Waals surface area contributed by atoms with Gasteiger partial charge in [0.1, 0.15) is 5.69 Å². The van der Waals surface area contributed by atoms with Crippen molar-refractivity contribution >= 4 is 29.0 Å². The Labute approximate surface area is 155 Å². The first-order chi connectivity index (χ1) is 11.9. The molecule has 0 aliphatic carbocycles. The fourth-order valence-corrected chi connectivity index (χ4v) is 3.15. The number of benzene rings is 2. The average molecular weight is 375 g/mol. The standard InChI is InChI=1S/C18H16Cl2N4O/c1-10-3-5-12(6-4-10)17-11(2)16(18(21)23-25)22-24(17)15-8-7-13(19)9-14(15)20/h3-9,25H,1-2H3,(H2,21,23). The van der Waals surface area contributed by atoms with Gasteiger partial charge in [-0.05, 0) is 32.0 Å². The lowest BCUT2D eigenvalue weighted by molar-refractivity contribution is 0.318. The predicted molar refractivity (Wildman–Crippen MR) is 101 cm³/mol. The van der Waals surface area contributed by atoms with E-state index in [1.165, 1.54) is 0 Å². The number of nitrogens with zero attached hydrogens (tertiary/aromatic N) is 3. The molecule has 0 amide bonds. The van der Waals surface area contributed by atoms with Crippen LogP contribution in [0.4, 0.5) is 0 Å². The third kappa shape index (κ3) is 3.21. The van der Waals surface area contributed by atoms with Crippen molar-refractivity contribution in [2.75, 3.05) is 0 Å². The average Bonchev–Trinajstić information content (AvgIpc) is 2.92. The first-order valence-electron chi connectivity index (χ1n) is 7.52. The van der Waals surface area contributed by atoms with Crippen LogP contribution < -0.4 is 5.73 Å². The second-order valence-corrected chi connectivity index (χ2v) is 6.52. The maximum absolute atomic E-state index is 9.05. The van der Waals surface area contributed by atoms with Crippen LogP contribution in [-0.2, 0) is 0 Å². The highest BCUT2D eigenvalue weighted by atomic mass is 35.5. The summed E-state index contributed by atoms with van der Waals surface area (Å²) in [5.41, 5.74) is 10.5. The van der Waals surface area contributed by atoms with Gasteiger partial charge in [-0.15, -0.1) is 0 Å². The Hall–Kier alpha value is -2.50. The Morgan fingerprint density at radius 1 is 1.12 bits per heavy atom. The van der Waals surface area contributed by atoms with E-state index in [4.69, 9.17) is 34.1 Å². The molecule has 3 N–H and O–H groups in total. The van der Waals surface area contributed by atoms with E-state index >= 15 is 0 Å². The SMILES string of the molecule is Cc1ccc(-c2c(C)c(C(N)=NO)nn2-c2ccc(Cl)cc2Cl)cc1. The van der Waals surface area contributed by atoms with Crippen LogP contribution in [0.15, 0.2) is 47.6 Å². The Morgan fingerprint density at radius 2 is 1.80 bits per heavy atom. The zero-order valence-electron chi connectivity index (χ0n) is 13.7. The lowest BCUT2D eigenvalue weighted by atomic mass is 10.0. The molecule has 0 bridgehead atoms. The van der Waals surface area contributed by atoms with Crippen LogP contribution in [0, 0.1) is 13.8 Å². The molecule has 2 aromatic carbocycles. The highest BCUT2D eigenvalue weighted by molar-refractivity contribution is 6.35. The minimum Gasteiger partial charge on any atom is -0.409 e. The van der Waals surface area contributed by atoms with Gasteiger partial charge in [0.15, 0.2) is 5.84 Å². The molecule has 3 aromatic rings. The molecule has 25 heavy (non-hydrogen) atoms. The van der Waals surface area contributed by atoms with Gasteiger partial charge in [0, 0.05) is 16.1 Å². The number of amidine groups is 1. The minimum absolute atomic E-state index is 0.0605. The first kappa shape index (κ1) is 17.3. The van der Waals surface area contributed by atoms with Crippen LogP contribution >= 0.6 is 23.2 Å². The number of nitrogens with two attached hydrogens (primary N) is 1. The van der Waals surface area contributed by atoms with Gasteiger partial charge >= 0.3 is 0 Å². The number of hydrogen-bond acceptors (Lipinski definition) is 3. The molecule has 0 fully saturated rings. The molecule has 0 unspecified atom stereocenters. The second-order valence-electron chi connectivity index (χ2n) is 5.68. The summed E-state index contributed by atoms with van der Waals surface area (Å²) < 4.78 is 1.69. The largest absolute Gasteiger partial charge is 0.409 e. The van der Waals surface area contributed by atoms with Crippen molar-refractivity contribution in [1.29, 1.82) is 0 Å². The van der Waals surface area contributed by atoms with Crippen LogP contribution in [-0.4, -0.2) is 20.8 Å². The third-order valence-electron chi connectivity index (χ3n) is 3.94. The van der Waals surface area contributed by atoms with Gasteiger partial charge in [-0.2, -0.15) is 5.10 Å². The van der Waals surface area contributed by atoms with Gasteiger partial charge in [0.05, 0.1) is 16.4 Å². The summed E-state index contributed by atoms with van der Waals surface area (Å²) in [5, 5.41) is 17.6. The van der Waals surface area contributed by atoms with Crippen LogP contribution in [0.2, 0.25) is 10.0 Å². The monoisotopic (exact) mass is 374 g/mol. The molecule has 1 aromatic heterocycles. The van der Waals surface area contributed by atoms with Crippen molar-refractivity contribution in [2.24, 2.45) is 10.9 Å². The number of oxime groups is 1. The molecule has 7 heteroatoms. The molecule has 0 spiro atoms. The topological polar surface area (TPSA) is 76.4 Å². The summed E-state index contributed by atoms with van der Waals surface area (Å²) in [7, 11) is 0. The highest BCUT2D eigenvalue weighted by Gasteiger charge is 2.21. The van der Waals surface area contributed by atoms with Gasteiger partial charge in [0.25, 0.3) is 0 Å². The molecule has 5 nitrogen and oxygen atoms in total. The van der Waals surface area contributed by atoms with Crippen molar-refractivity contribution in [1.82, 2.24) is 9.78 Å². The van der Waals surface area contributed by atoms with E-state index in [0.717, 1.165) is 22.4 Å². The van der Waals surface area contributed by atoms with Gasteiger partial charge in [-0.3, -0.25) is 0 Å². The fraction of sp³-hybridized carbons (Fsp3) is 0.111. The molecule has 0 saturated heterocycles. The smallest absolute Gasteiger partial charge is 0.190 e. The lowest BCUT2D eigenvalue weighted by Crippen LogP contribution is -2.15. The maximum Gasteiger partial charge on any atom is 0.190 e. The van der Waals surface area contributed by atoms with Crippen molar-refractivity contribution < 1.29 is 5.21 Å². The van der Waals surface area contributed by atoms with Gasteiger partial charge in [0.2, 0.25) is 0 Å². The number of aryl methyl sites for hydroxylation is 1. The molecular weight excluding hydrogens is 359 g/mol. The summed E-state index contributed by atoms with van der Waals surface area (Å²) in [4.78, 5) is 0. The second kappa shape index (κ2) is 6.78. The Morgan fingerprint density at radius 3 is 2.40 bits per heavy atom. The Bertz CT molecular complexity index is 962. The first-order valence-corrected chi connectivity index (χ1v) is 8.28. The van der Waals surface area contributed by atoms with Crippen LogP contribution in [0.1, 0.15) is 16.8 Å². The zero-order valence-corrected chi connectivity index (χ0v) is 15.2. The Balaban J connectivity index is 2.31.